The fourth-order valence-electron chi connectivity index (χ4n) is 1.85. The lowest BCUT2D eigenvalue weighted by atomic mass is 10.0. The smallest absolute Gasteiger partial charge is 0.138 e. The van der Waals surface area contributed by atoms with Crippen LogP contribution in [-0.4, -0.2) is 6.10 Å². The summed E-state index contributed by atoms with van der Waals surface area (Å²) in [6.45, 7) is 3.76. The van der Waals surface area contributed by atoms with Gasteiger partial charge in [0.15, 0.2) is 0 Å². The van der Waals surface area contributed by atoms with Crippen molar-refractivity contribution in [1.29, 1.82) is 5.26 Å². The Morgan fingerprint density at radius 1 is 1.20 bits per heavy atom. The fourth-order valence-corrected chi connectivity index (χ4v) is 2.08. The zero-order chi connectivity index (χ0) is 14.7. The van der Waals surface area contributed by atoms with Crippen molar-refractivity contribution in [2.24, 2.45) is 0 Å². The lowest BCUT2D eigenvalue weighted by molar-refractivity contribution is 0.242. The second kappa shape index (κ2) is 5.94. The summed E-state index contributed by atoms with van der Waals surface area (Å²) in [5.74, 6) is 0.111. The van der Waals surface area contributed by atoms with E-state index in [1.165, 1.54) is 18.2 Å². The molecule has 102 valence electrons. The second-order valence-corrected chi connectivity index (χ2v) is 5.02. The summed E-state index contributed by atoms with van der Waals surface area (Å²) >= 11 is 6.09. The van der Waals surface area contributed by atoms with Gasteiger partial charge in [-0.1, -0.05) is 17.7 Å². The van der Waals surface area contributed by atoms with Crippen LogP contribution in [0.4, 0.5) is 4.39 Å². The quantitative estimate of drug-likeness (QED) is 0.812. The lowest BCUT2D eigenvalue weighted by Crippen LogP contribution is -2.06. The predicted octanol–water partition coefficient (Wildman–Crippen LogP) is 4.80. The standard InChI is InChI=1S/C16H13ClFNO/c1-10(2)20-16-7-11(3-4-12(16)9-19)14-8-13(18)5-6-15(14)17/h3-8,10H,1-2H3. The van der Waals surface area contributed by atoms with Crippen molar-refractivity contribution < 1.29 is 9.13 Å². The van der Waals surface area contributed by atoms with Crippen molar-refractivity contribution in [2.45, 2.75) is 20.0 Å². The van der Waals surface area contributed by atoms with Gasteiger partial charge in [-0.3, -0.25) is 0 Å². The van der Waals surface area contributed by atoms with Crippen LogP contribution in [0.25, 0.3) is 11.1 Å². The number of benzene rings is 2. The maximum Gasteiger partial charge on any atom is 0.138 e. The van der Waals surface area contributed by atoms with E-state index in [0.717, 1.165) is 0 Å². The van der Waals surface area contributed by atoms with Gasteiger partial charge in [-0.05, 0) is 49.7 Å². The van der Waals surface area contributed by atoms with Crippen molar-refractivity contribution in [2.75, 3.05) is 0 Å². The first-order chi connectivity index (χ1) is 9.51. The molecule has 0 aliphatic heterocycles. The summed E-state index contributed by atoms with van der Waals surface area (Å²) in [4.78, 5) is 0. The molecule has 2 rings (SSSR count). The Hall–Kier alpha value is -2.05. The SMILES string of the molecule is CC(C)Oc1cc(-c2cc(F)ccc2Cl)ccc1C#N. The molecule has 4 heteroatoms. The summed E-state index contributed by atoms with van der Waals surface area (Å²) in [7, 11) is 0. The average Bonchev–Trinajstić information content (AvgIpc) is 2.41. The molecule has 0 aliphatic rings. The topological polar surface area (TPSA) is 33.0 Å². The van der Waals surface area contributed by atoms with E-state index in [4.69, 9.17) is 21.6 Å². The van der Waals surface area contributed by atoms with Gasteiger partial charge in [-0.15, -0.1) is 0 Å². The molecular formula is C16H13ClFNO. The number of hydrogen-bond acceptors (Lipinski definition) is 2. The molecule has 0 heterocycles. The third-order valence-electron chi connectivity index (χ3n) is 2.70. The normalized spacial score (nSPS) is 10.4. The van der Waals surface area contributed by atoms with Gasteiger partial charge in [0.2, 0.25) is 0 Å². The van der Waals surface area contributed by atoms with Crippen molar-refractivity contribution in [3.05, 3.63) is 52.8 Å². The van der Waals surface area contributed by atoms with Gasteiger partial charge in [0, 0.05) is 10.6 Å². The molecule has 0 aromatic heterocycles. The highest BCUT2D eigenvalue weighted by atomic mass is 35.5. The third kappa shape index (κ3) is 3.09. The Morgan fingerprint density at radius 3 is 2.60 bits per heavy atom. The first kappa shape index (κ1) is 14.4. The van der Waals surface area contributed by atoms with Gasteiger partial charge in [-0.2, -0.15) is 5.26 Å². The molecule has 0 unspecified atom stereocenters. The van der Waals surface area contributed by atoms with Gasteiger partial charge >= 0.3 is 0 Å². The number of rotatable bonds is 3. The number of nitriles is 1. The minimum Gasteiger partial charge on any atom is -0.490 e. The van der Waals surface area contributed by atoms with Crippen LogP contribution in [0.2, 0.25) is 5.02 Å². The van der Waals surface area contributed by atoms with Gasteiger partial charge in [0.25, 0.3) is 0 Å². The van der Waals surface area contributed by atoms with Crippen molar-refractivity contribution >= 4 is 11.6 Å². The molecule has 0 amide bonds. The molecule has 0 radical (unpaired) electrons. The zero-order valence-electron chi connectivity index (χ0n) is 11.2. The van der Waals surface area contributed by atoms with Crippen LogP contribution in [-0.2, 0) is 0 Å². The largest absolute Gasteiger partial charge is 0.490 e. The molecular weight excluding hydrogens is 277 g/mol. The summed E-state index contributed by atoms with van der Waals surface area (Å²) in [5.41, 5.74) is 1.73. The third-order valence-corrected chi connectivity index (χ3v) is 3.03. The average molecular weight is 290 g/mol. The first-order valence-electron chi connectivity index (χ1n) is 6.17. The van der Waals surface area contributed by atoms with E-state index in [1.54, 1.807) is 18.2 Å². The molecule has 2 nitrogen and oxygen atoms in total. The Morgan fingerprint density at radius 2 is 1.95 bits per heavy atom. The summed E-state index contributed by atoms with van der Waals surface area (Å²) < 4.78 is 19.0. The molecule has 2 aromatic carbocycles. The van der Waals surface area contributed by atoms with Crippen LogP contribution in [0.3, 0.4) is 0 Å². The lowest BCUT2D eigenvalue weighted by Gasteiger charge is -2.13. The Kier molecular flexibility index (Phi) is 4.26. The predicted molar refractivity (Wildman–Crippen MR) is 77.3 cm³/mol. The number of ether oxygens (including phenoxy) is 1. The number of halogens is 2. The van der Waals surface area contributed by atoms with Crippen molar-refractivity contribution in [1.82, 2.24) is 0 Å². The zero-order valence-corrected chi connectivity index (χ0v) is 11.9. The molecule has 20 heavy (non-hydrogen) atoms. The molecule has 0 atom stereocenters. The summed E-state index contributed by atoms with van der Waals surface area (Å²) in [6.07, 6.45) is -0.0552. The van der Waals surface area contributed by atoms with Gasteiger partial charge < -0.3 is 4.74 Å². The van der Waals surface area contributed by atoms with Crippen LogP contribution < -0.4 is 4.74 Å². The summed E-state index contributed by atoms with van der Waals surface area (Å²) in [6, 6.07) is 11.3. The van der Waals surface area contributed by atoms with Crippen LogP contribution >= 0.6 is 11.6 Å². The van der Waals surface area contributed by atoms with Gasteiger partial charge in [-0.25, -0.2) is 4.39 Å². The van der Waals surface area contributed by atoms with E-state index in [0.29, 0.717) is 27.5 Å². The van der Waals surface area contributed by atoms with E-state index in [1.807, 2.05) is 13.8 Å². The monoisotopic (exact) mass is 289 g/mol. The Labute approximate surface area is 122 Å². The maximum absolute atomic E-state index is 13.3. The van der Waals surface area contributed by atoms with E-state index in [2.05, 4.69) is 6.07 Å². The van der Waals surface area contributed by atoms with Crippen molar-refractivity contribution in [3.63, 3.8) is 0 Å². The first-order valence-corrected chi connectivity index (χ1v) is 6.55. The highest BCUT2D eigenvalue weighted by Gasteiger charge is 2.11. The highest BCUT2D eigenvalue weighted by molar-refractivity contribution is 6.33. The van der Waals surface area contributed by atoms with Crippen LogP contribution in [0, 0.1) is 17.1 Å². The van der Waals surface area contributed by atoms with E-state index in [9.17, 15) is 4.39 Å². The minimum absolute atomic E-state index is 0.0552. The highest BCUT2D eigenvalue weighted by Crippen LogP contribution is 2.32. The van der Waals surface area contributed by atoms with Crippen LogP contribution in [0.15, 0.2) is 36.4 Å². The van der Waals surface area contributed by atoms with Crippen LogP contribution in [0.5, 0.6) is 5.75 Å². The minimum atomic E-state index is -0.361. The van der Waals surface area contributed by atoms with Crippen LogP contribution in [0.1, 0.15) is 19.4 Å². The molecule has 0 fully saturated rings. The molecule has 2 aromatic rings. The fraction of sp³-hybridized carbons (Fsp3) is 0.188. The van der Waals surface area contributed by atoms with E-state index < -0.39 is 0 Å². The van der Waals surface area contributed by atoms with Gasteiger partial charge in [0.1, 0.15) is 17.6 Å². The van der Waals surface area contributed by atoms with Crippen molar-refractivity contribution in [3.8, 4) is 22.9 Å². The molecule has 0 saturated carbocycles. The Bertz CT molecular complexity index is 677. The van der Waals surface area contributed by atoms with Gasteiger partial charge in [0.05, 0.1) is 11.7 Å². The molecule has 0 bridgehead atoms. The Balaban J connectivity index is 2.53. The molecule has 0 saturated heterocycles. The number of hydrogen-bond donors (Lipinski definition) is 0. The van der Waals surface area contributed by atoms with E-state index >= 15 is 0 Å². The molecule has 0 spiro atoms. The number of nitrogens with zero attached hydrogens (tertiary/aromatic N) is 1. The molecule has 0 aliphatic carbocycles. The van der Waals surface area contributed by atoms with E-state index in [-0.39, 0.29) is 11.9 Å². The summed E-state index contributed by atoms with van der Waals surface area (Å²) in [5, 5.41) is 9.53. The molecule has 0 N–H and O–H groups in total. The second-order valence-electron chi connectivity index (χ2n) is 4.61. The maximum atomic E-state index is 13.3.